The van der Waals surface area contributed by atoms with Gasteiger partial charge in [-0.3, -0.25) is 9.59 Å². The van der Waals surface area contributed by atoms with Crippen LogP contribution < -0.4 is 10.6 Å². The summed E-state index contributed by atoms with van der Waals surface area (Å²) in [4.78, 5) is 29.3. The van der Waals surface area contributed by atoms with Crippen LogP contribution in [-0.4, -0.2) is 35.7 Å². The van der Waals surface area contributed by atoms with E-state index in [4.69, 9.17) is 4.84 Å². The molecule has 3 rings (SSSR count). The van der Waals surface area contributed by atoms with Crippen molar-refractivity contribution >= 4 is 17.5 Å². The Hall–Kier alpha value is -2.37. The molecule has 0 saturated heterocycles. The topological polar surface area (TPSA) is 79.8 Å². The molecule has 0 radical (unpaired) electrons. The van der Waals surface area contributed by atoms with Gasteiger partial charge in [0, 0.05) is 12.5 Å². The molecule has 122 valence electrons. The Bertz CT molecular complexity index is 635. The van der Waals surface area contributed by atoms with Gasteiger partial charge in [0.25, 0.3) is 5.91 Å². The van der Waals surface area contributed by atoms with Gasteiger partial charge in [0.15, 0.2) is 0 Å². The number of hydrogen-bond donors (Lipinski definition) is 2. The number of rotatable bonds is 5. The van der Waals surface area contributed by atoms with Crippen LogP contribution in [0.15, 0.2) is 29.4 Å². The lowest BCUT2D eigenvalue weighted by atomic mass is 10.0. The SMILES string of the molecule is Cc1ccc(C2=NO[C@H](C(=O)N[C@H](C)C(=O)NC3CC3)C2)cc1. The number of amides is 2. The van der Waals surface area contributed by atoms with E-state index in [1.54, 1.807) is 6.92 Å². The van der Waals surface area contributed by atoms with E-state index >= 15 is 0 Å². The molecule has 1 aromatic carbocycles. The second-order valence-electron chi connectivity index (χ2n) is 6.22. The Morgan fingerprint density at radius 1 is 1.26 bits per heavy atom. The maximum atomic E-state index is 12.2. The highest BCUT2D eigenvalue weighted by atomic mass is 16.6. The van der Waals surface area contributed by atoms with Crippen molar-refractivity contribution in [1.29, 1.82) is 0 Å². The molecule has 1 heterocycles. The minimum Gasteiger partial charge on any atom is -0.382 e. The van der Waals surface area contributed by atoms with Gasteiger partial charge in [-0.2, -0.15) is 0 Å². The van der Waals surface area contributed by atoms with E-state index in [0.29, 0.717) is 6.42 Å². The zero-order valence-electron chi connectivity index (χ0n) is 13.3. The molecule has 0 unspecified atom stereocenters. The van der Waals surface area contributed by atoms with Crippen LogP contribution in [0, 0.1) is 6.92 Å². The Kier molecular flexibility index (Phi) is 4.32. The maximum absolute atomic E-state index is 12.2. The lowest BCUT2D eigenvalue weighted by molar-refractivity contribution is -0.135. The van der Waals surface area contributed by atoms with Crippen LogP contribution in [-0.2, 0) is 14.4 Å². The van der Waals surface area contributed by atoms with E-state index in [0.717, 1.165) is 29.7 Å². The summed E-state index contributed by atoms with van der Waals surface area (Å²) in [6.45, 7) is 3.69. The van der Waals surface area contributed by atoms with Crippen molar-refractivity contribution in [3.05, 3.63) is 35.4 Å². The highest BCUT2D eigenvalue weighted by Crippen LogP contribution is 2.19. The number of hydrogen-bond acceptors (Lipinski definition) is 4. The average molecular weight is 315 g/mol. The highest BCUT2D eigenvalue weighted by molar-refractivity contribution is 6.04. The molecule has 2 aliphatic rings. The first-order valence-electron chi connectivity index (χ1n) is 7.93. The third-order valence-electron chi connectivity index (χ3n) is 4.02. The zero-order valence-corrected chi connectivity index (χ0v) is 13.3. The van der Waals surface area contributed by atoms with Gasteiger partial charge in [-0.15, -0.1) is 0 Å². The summed E-state index contributed by atoms with van der Waals surface area (Å²) in [6, 6.07) is 7.62. The number of nitrogens with zero attached hydrogens (tertiary/aromatic N) is 1. The van der Waals surface area contributed by atoms with Crippen molar-refractivity contribution in [3.63, 3.8) is 0 Å². The fourth-order valence-corrected chi connectivity index (χ4v) is 2.36. The molecular weight excluding hydrogens is 294 g/mol. The second kappa shape index (κ2) is 6.40. The quantitative estimate of drug-likeness (QED) is 0.859. The molecule has 1 aliphatic heterocycles. The third-order valence-corrected chi connectivity index (χ3v) is 4.02. The molecule has 6 nitrogen and oxygen atoms in total. The van der Waals surface area contributed by atoms with Crippen LogP contribution in [0.1, 0.15) is 37.3 Å². The van der Waals surface area contributed by atoms with E-state index in [9.17, 15) is 9.59 Å². The molecule has 6 heteroatoms. The summed E-state index contributed by atoms with van der Waals surface area (Å²) >= 11 is 0. The predicted octanol–water partition coefficient (Wildman–Crippen LogP) is 1.27. The highest BCUT2D eigenvalue weighted by Gasteiger charge is 2.32. The minimum absolute atomic E-state index is 0.154. The predicted molar refractivity (Wildman–Crippen MR) is 86.0 cm³/mol. The first-order chi connectivity index (χ1) is 11.0. The second-order valence-corrected chi connectivity index (χ2v) is 6.22. The lowest BCUT2D eigenvalue weighted by Gasteiger charge is -2.15. The lowest BCUT2D eigenvalue weighted by Crippen LogP contribution is -2.48. The van der Waals surface area contributed by atoms with Crippen molar-refractivity contribution in [2.75, 3.05) is 0 Å². The van der Waals surface area contributed by atoms with Crippen LogP contribution in [0.25, 0.3) is 0 Å². The molecule has 0 spiro atoms. The minimum atomic E-state index is -0.678. The van der Waals surface area contributed by atoms with Crippen LogP contribution in [0.5, 0.6) is 0 Å². The van der Waals surface area contributed by atoms with Gasteiger partial charge < -0.3 is 15.5 Å². The Labute approximate surface area is 135 Å². The number of aryl methyl sites for hydroxylation is 1. The normalized spacial score (nSPS) is 21.1. The zero-order chi connectivity index (χ0) is 16.4. The van der Waals surface area contributed by atoms with Crippen LogP contribution in [0.2, 0.25) is 0 Å². The monoisotopic (exact) mass is 315 g/mol. The van der Waals surface area contributed by atoms with Crippen LogP contribution in [0.3, 0.4) is 0 Å². The molecule has 2 amide bonds. The standard InChI is InChI=1S/C17H21N3O3/c1-10-3-5-12(6-4-10)14-9-15(23-20-14)17(22)18-11(2)16(21)19-13-7-8-13/h3-6,11,13,15H,7-9H2,1-2H3,(H,18,22)(H,19,21)/t11-,15+/m1/s1. The number of nitrogens with one attached hydrogen (secondary N) is 2. The van der Waals surface area contributed by atoms with E-state index in [-0.39, 0.29) is 17.9 Å². The summed E-state index contributed by atoms with van der Waals surface area (Å²) in [5.74, 6) is -0.465. The van der Waals surface area contributed by atoms with Gasteiger partial charge in [0.05, 0.1) is 5.71 Å². The molecule has 2 N–H and O–H groups in total. The summed E-state index contributed by atoms with van der Waals surface area (Å²) in [5, 5.41) is 9.56. The van der Waals surface area contributed by atoms with Crippen molar-refractivity contribution in [1.82, 2.24) is 10.6 Å². The number of benzene rings is 1. The van der Waals surface area contributed by atoms with Crippen molar-refractivity contribution < 1.29 is 14.4 Å². The van der Waals surface area contributed by atoms with E-state index in [2.05, 4.69) is 15.8 Å². The maximum Gasteiger partial charge on any atom is 0.264 e. The molecule has 1 aliphatic carbocycles. The fourth-order valence-electron chi connectivity index (χ4n) is 2.36. The van der Waals surface area contributed by atoms with Gasteiger partial charge in [-0.1, -0.05) is 35.0 Å². The molecule has 1 saturated carbocycles. The Morgan fingerprint density at radius 3 is 2.61 bits per heavy atom. The van der Waals surface area contributed by atoms with E-state index < -0.39 is 12.1 Å². The fraction of sp³-hybridized carbons (Fsp3) is 0.471. The van der Waals surface area contributed by atoms with E-state index in [1.165, 1.54) is 0 Å². The molecule has 1 fully saturated rings. The van der Waals surface area contributed by atoms with Crippen molar-refractivity contribution in [2.24, 2.45) is 5.16 Å². The first-order valence-corrected chi connectivity index (χ1v) is 7.93. The van der Waals surface area contributed by atoms with Crippen molar-refractivity contribution in [2.45, 2.75) is 51.3 Å². The van der Waals surface area contributed by atoms with E-state index in [1.807, 2.05) is 31.2 Å². The molecule has 0 bridgehead atoms. The van der Waals surface area contributed by atoms with Gasteiger partial charge in [-0.05, 0) is 32.3 Å². The Morgan fingerprint density at radius 2 is 1.96 bits per heavy atom. The van der Waals surface area contributed by atoms with Gasteiger partial charge in [0.1, 0.15) is 6.04 Å². The largest absolute Gasteiger partial charge is 0.382 e. The Balaban J connectivity index is 1.51. The summed E-state index contributed by atoms with van der Waals surface area (Å²) in [6.07, 6.45) is 1.77. The molecule has 0 aromatic heterocycles. The number of carbonyl (C=O) groups is 2. The van der Waals surface area contributed by atoms with Gasteiger partial charge in [0.2, 0.25) is 12.0 Å². The number of oxime groups is 1. The number of carbonyl (C=O) groups excluding carboxylic acids is 2. The third kappa shape index (κ3) is 3.88. The van der Waals surface area contributed by atoms with Gasteiger partial charge in [-0.25, -0.2) is 0 Å². The summed E-state index contributed by atoms with van der Waals surface area (Å²) < 4.78 is 0. The molecule has 23 heavy (non-hydrogen) atoms. The summed E-state index contributed by atoms with van der Waals surface area (Å²) in [5.41, 5.74) is 2.86. The smallest absolute Gasteiger partial charge is 0.264 e. The molecular formula is C17H21N3O3. The summed E-state index contributed by atoms with van der Waals surface area (Å²) in [7, 11) is 0. The first kappa shape index (κ1) is 15.5. The molecule has 2 atom stereocenters. The van der Waals surface area contributed by atoms with Crippen molar-refractivity contribution in [3.8, 4) is 0 Å². The van der Waals surface area contributed by atoms with Crippen LogP contribution in [0.4, 0.5) is 0 Å². The van der Waals surface area contributed by atoms with Crippen LogP contribution >= 0.6 is 0 Å². The molecule has 1 aromatic rings. The van der Waals surface area contributed by atoms with Gasteiger partial charge >= 0.3 is 0 Å². The average Bonchev–Trinajstić information content (AvgIpc) is 3.20.